The second kappa shape index (κ2) is 13.4. The Kier molecular flexibility index (Phi) is 7.85. The van der Waals surface area contributed by atoms with Crippen LogP contribution in [-0.2, 0) is 0 Å². The van der Waals surface area contributed by atoms with Gasteiger partial charge in [-0.1, -0.05) is 170 Å². The lowest BCUT2D eigenvalue weighted by molar-refractivity contribution is 0.669. The molecule has 2 nitrogen and oxygen atoms in total. The molecule has 0 fully saturated rings. The molecule has 54 heavy (non-hydrogen) atoms. The summed E-state index contributed by atoms with van der Waals surface area (Å²) in [6.45, 7) is 0. The van der Waals surface area contributed by atoms with E-state index in [0.717, 1.165) is 44.6 Å². The summed E-state index contributed by atoms with van der Waals surface area (Å²) in [6.07, 6.45) is 0. The van der Waals surface area contributed by atoms with Gasteiger partial charge in [0.25, 0.3) is 0 Å². The Labute approximate surface area is 314 Å². The zero-order valence-corrected chi connectivity index (χ0v) is 29.6. The van der Waals surface area contributed by atoms with Crippen molar-refractivity contribution in [2.75, 3.05) is 4.90 Å². The zero-order chi connectivity index (χ0) is 35.8. The Hall–Kier alpha value is -7.16. The zero-order valence-electron chi connectivity index (χ0n) is 29.6. The van der Waals surface area contributed by atoms with E-state index < -0.39 is 0 Å². The number of nitrogens with zero attached hydrogens (tertiary/aromatic N) is 1. The van der Waals surface area contributed by atoms with E-state index in [1.54, 1.807) is 0 Å². The van der Waals surface area contributed by atoms with Crippen LogP contribution in [0, 0.1) is 0 Å². The maximum atomic E-state index is 6.45. The highest BCUT2D eigenvalue weighted by atomic mass is 16.3. The Balaban J connectivity index is 1.16. The van der Waals surface area contributed by atoms with Crippen LogP contribution in [-0.4, -0.2) is 0 Å². The van der Waals surface area contributed by atoms with Crippen molar-refractivity contribution in [2.45, 2.75) is 0 Å². The van der Waals surface area contributed by atoms with Crippen molar-refractivity contribution in [1.29, 1.82) is 0 Å². The number of furan rings is 1. The SMILES string of the molecule is c1ccc(-c2ccccc2-c2ccccc2-c2ccccc2N(c2ccc(-c3cccc4ccccc34)cc2)c2ccc3c(c2)oc2ccccc23)cc1. The number of hydrogen-bond acceptors (Lipinski definition) is 2. The standard InChI is InChI=1S/C52H35NO/c1-2-15-36(16-3-1)43-20-6-7-21-44(43)45-22-8-9-23-46(45)47-24-10-12-27-50(47)53(40-33-34-49-48-25-11-13-28-51(48)54-52(49)35-40)39-31-29-38(30-32-39)42-26-14-18-37-17-4-5-19-41(37)42/h1-35H. The molecule has 9 aromatic carbocycles. The van der Waals surface area contributed by atoms with Gasteiger partial charge in [-0.3, -0.25) is 0 Å². The Bertz CT molecular complexity index is 2930. The summed E-state index contributed by atoms with van der Waals surface area (Å²) in [6, 6.07) is 75.9. The first-order chi connectivity index (χ1) is 26.8. The molecule has 0 amide bonds. The second-order valence-corrected chi connectivity index (χ2v) is 13.7. The minimum Gasteiger partial charge on any atom is -0.456 e. The summed E-state index contributed by atoms with van der Waals surface area (Å²) < 4.78 is 6.45. The fourth-order valence-electron chi connectivity index (χ4n) is 7.98. The fraction of sp³-hybridized carbons (Fsp3) is 0. The van der Waals surface area contributed by atoms with E-state index in [4.69, 9.17) is 4.42 Å². The van der Waals surface area contributed by atoms with Gasteiger partial charge in [-0.2, -0.15) is 0 Å². The molecule has 0 unspecified atom stereocenters. The van der Waals surface area contributed by atoms with Crippen molar-refractivity contribution in [3.63, 3.8) is 0 Å². The molecule has 0 bridgehead atoms. The third kappa shape index (κ3) is 5.53. The van der Waals surface area contributed by atoms with Crippen molar-refractivity contribution < 1.29 is 4.42 Å². The highest BCUT2D eigenvalue weighted by Crippen LogP contribution is 2.46. The van der Waals surface area contributed by atoms with E-state index in [0.29, 0.717) is 0 Å². The molecule has 0 saturated heterocycles. The van der Waals surface area contributed by atoms with E-state index in [1.165, 1.54) is 49.7 Å². The summed E-state index contributed by atoms with van der Waals surface area (Å²) in [5, 5.41) is 4.71. The van der Waals surface area contributed by atoms with Gasteiger partial charge in [-0.25, -0.2) is 0 Å². The predicted molar refractivity (Wildman–Crippen MR) is 228 cm³/mol. The van der Waals surface area contributed by atoms with E-state index in [-0.39, 0.29) is 0 Å². The van der Waals surface area contributed by atoms with Gasteiger partial charge in [-0.15, -0.1) is 0 Å². The van der Waals surface area contributed by atoms with Crippen LogP contribution in [0.4, 0.5) is 17.1 Å². The van der Waals surface area contributed by atoms with Crippen molar-refractivity contribution in [3.05, 3.63) is 212 Å². The van der Waals surface area contributed by atoms with Gasteiger partial charge in [0.05, 0.1) is 5.69 Å². The van der Waals surface area contributed by atoms with Crippen LogP contribution in [0.1, 0.15) is 0 Å². The largest absolute Gasteiger partial charge is 0.456 e. The van der Waals surface area contributed by atoms with Crippen LogP contribution in [0.2, 0.25) is 0 Å². The average molecular weight is 690 g/mol. The molecular weight excluding hydrogens is 655 g/mol. The number of benzene rings is 9. The highest BCUT2D eigenvalue weighted by molar-refractivity contribution is 6.07. The predicted octanol–water partition coefficient (Wildman–Crippen LogP) is 14.9. The molecule has 0 radical (unpaired) electrons. The quantitative estimate of drug-likeness (QED) is 0.166. The van der Waals surface area contributed by atoms with E-state index in [9.17, 15) is 0 Å². The normalized spacial score (nSPS) is 11.3. The maximum Gasteiger partial charge on any atom is 0.137 e. The van der Waals surface area contributed by atoms with Crippen molar-refractivity contribution >= 4 is 49.8 Å². The number of anilines is 3. The van der Waals surface area contributed by atoms with E-state index in [1.807, 2.05) is 12.1 Å². The summed E-state index contributed by atoms with van der Waals surface area (Å²) in [5.74, 6) is 0. The molecule has 10 aromatic rings. The fourth-order valence-corrected chi connectivity index (χ4v) is 7.98. The first kappa shape index (κ1) is 31.6. The monoisotopic (exact) mass is 689 g/mol. The number of hydrogen-bond donors (Lipinski definition) is 0. The molecule has 1 aromatic heterocycles. The van der Waals surface area contributed by atoms with Crippen molar-refractivity contribution in [1.82, 2.24) is 0 Å². The van der Waals surface area contributed by atoms with Crippen molar-refractivity contribution in [2.24, 2.45) is 0 Å². The number of fused-ring (bicyclic) bond motifs is 4. The number of para-hydroxylation sites is 2. The molecule has 0 aliphatic rings. The van der Waals surface area contributed by atoms with Gasteiger partial charge in [0.1, 0.15) is 11.2 Å². The topological polar surface area (TPSA) is 16.4 Å². The lowest BCUT2D eigenvalue weighted by Crippen LogP contribution is -2.11. The van der Waals surface area contributed by atoms with Gasteiger partial charge in [0.15, 0.2) is 0 Å². The second-order valence-electron chi connectivity index (χ2n) is 13.7. The van der Waals surface area contributed by atoms with Gasteiger partial charge >= 0.3 is 0 Å². The van der Waals surface area contributed by atoms with Crippen LogP contribution in [0.5, 0.6) is 0 Å². The summed E-state index contributed by atoms with van der Waals surface area (Å²) in [7, 11) is 0. The highest BCUT2D eigenvalue weighted by Gasteiger charge is 2.21. The molecule has 1 heterocycles. The molecule has 254 valence electrons. The Morgan fingerprint density at radius 3 is 1.61 bits per heavy atom. The molecule has 0 N–H and O–H groups in total. The molecular formula is C52H35NO. The molecule has 0 saturated carbocycles. The molecule has 0 aliphatic heterocycles. The lowest BCUT2D eigenvalue weighted by Gasteiger charge is -2.28. The van der Waals surface area contributed by atoms with E-state index in [2.05, 4.69) is 205 Å². The molecule has 0 spiro atoms. The van der Waals surface area contributed by atoms with Gasteiger partial charge in [0.2, 0.25) is 0 Å². The van der Waals surface area contributed by atoms with Gasteiger partial charge in [-0.05, 0) is 86.1 Å². The van der Waals surface area contributed by atoms with Gasteiger partial charge < -0.3 is 9.32 Å². The summed E-state index contributed by atoms with van der Waals surface area (Å²) >= 11 is 0. The molecule has 0 atom stereocenters. The van der Waals surface area contributed by atoms with Crippen molar-refractivity contribution in [3.8, 4) is 44.5 Å². The minimum absolute atomic E-state index is 0.862. The Morgan fingerprint density at radius 1 is 0.296 bits per heavy atom. The van der Waals surface area contributed by atoms with Crippen LogP contribution < -0.4 is 4.90 Å². The van der Waals surface area contributed by atoms with Crippen LogP contribution >= 0.6 is 0 Å². The summed E-state index contributed by atoms with van der Waals surface area (Å²) in [5.41, 5.74) is 14.4. The van der Waals surface area contributed by atoms with E-state index >= 15 is 0 Å². The average Bonchev–Trinajstić information content (AvgIpc) is 3.62. The third-order valence-corrected chi connectivity index (χ3v) is 10.5. The lowest BCUT2D eigenvalue weighted by atomic mass is 9.88. The first-order valence-electron chi connectivity index (χ1n) is 18.4. The minimum atomic E-state index is 0.862. The third-order valence-electron chi connectivity index (χ3n) is 10.5. The van der Waals surface area contributed by atoms with Crippen LogP contribution in [0.3, 0.4) is 0 Å². The first-order valence-corrected chi connectivity index (χ1v) is 18.4. The maximum absolute atomic E-state index is 6.45. The van der Waals surface area contributed by atoms with Crippen LogP contribution in [0.15, 0.2) is 217 Å². The molecule has 10 rings (SSSR count). The molecule has 0 aliphatic carbocycles. The Morgan fingerprint density at radius 2 is 0.815 bits per heavy atom. The van der Waals surface area contributed by atoms with Crippen LogP contribution in [0.25, 0.3) is 77.2 Å². The molecule has 2 heteroatoms. The number of rotatable bonds is 7. The van der Waals surface area contributed by atoms with Gasteiger partial charge in [0, 0.05) is 33.8 Å². The summed E-state index contributed by atoms with van der Waals surface area (Å²) in [4.78, 5) is 2.37. The smallest absolute Gasteiger partial charge is 0.137 e.